The molecule has 7 nitrogen and oxygen atoms in total. The van der Waals surface area contributed by atoms with E-state index in [4.69, 9.17) is 0 Å². The summed E-state index contributed by atoms with van der Waals surface area (Å²) < 4.78 is 29.1. The number of imidazole rings is 1. The summed E-state index contributed by atoms with van der Waals surface area (Å²) in [5.41, 5.74) is 2.17. The summed E-state index contributed by atoms with van der Waals surface area (Å²) in [5, 5.41) is 3.89. The Labute approximate surface area is 144 Å². The summed E-state index contributed by atoms with van der Waals surface area (Å²) in [6.07, 6.45) is 6.17. The van der Waals surface area contributed by atoms with Crippen LogP contribution in [0, 0.1) is 0 Å². The largest absolute Gasteiger partial charge is 0.334 e. The van der Waals surface area contributed by atoms with Crippen LogP contribution in [0.5, 0.6) is 0 Å². The van der Waals surface area contributed by atoms with E-state index >= 15 is 0 Å². The summed E-state index contributed by atoms with van der Waals surface area (Å²) in [7, 11) is -3.70. The van der Waals surface area contributed by atoms with Gasteiger partial charge < -0.3 is 4.57 Å². The SMILES string of the molecule is CC(C)n1cnc(S(=O)(=O)NCc2nccnc2-c2ccsc2)c1. The Morgan fingerprint density at radius 1 is 1.25 bits per heavy atom. The molecule has 0 fully saturated rings. The van der Waals surface area contributed by atoms with Gasteiger partial charge in [0.2, 0.25) is 0 Å². The van der Waals surface area contributed by atoms with Crippen molar-refractivity contribution in [3.63, 3.8) is 0 Å². The third kappa shape index (κ3) is 3.53. The Hall–Kier alpha value is -2.10. The van der Waals surface area contributed by atoms with Crippen molar-refractivity contribution in [2.24, 2.45) is 0 Å². The standard InChI is InChI=1S/C15H17N5O2S2/c1-11(2)20-8-14(18-10-20)24(21,22)19-7-13-15(17-5-4-16-13)12-3-6-23-9-12/h3-6,8-11,19H,7H2,1-2H3. The number of sulfonamides is 1. The predicted octanol–water partition coefficient (Wildman–Crippen LogP) is 2.46. The van der Waals surface area contributed by atoms with Crippen LogP contribution in [0.25, 0.3) is 11.3 Å². The maximum Gasteiger partial charge on any atom is 0.259 e. The highest BCUT2D eigenvalue weighted by atomic mass is 32.2. The van der Waals surface area contributed by atoms with Crippen LogP contribution in [0.15, 0.2) is 46.8 Å². The molecule has 3 rings (SSSR count). The van der Waals surface area contributed by atoms with Gasteiger partial charge >= 0.3 is 0 Å². The van der Waals surface area contributed by atoms with Gasteiger partial charge in [0.05, 0.1) is 24.3 Å². The van der Waals surface area contributed by atoms with E-state index in [0.29, 0.717) is 11.4 Å². The molecule has 3 aromatic rings. The fourth-order valence-corrected chi connectivity index (χ4v) is 3.67. The van der Waals surface area contributed by atoms with Crippen LogP contribution >= 0.6 is 11.3 Å². The topological polar surface area (TPSA) is 89.8 Å². The highest BCUT2D eigenvalue weighted by Crippen LogP contribution is 2.22. The van der Waals surface area contributed by atoms with Gasteiger partial charge in [0, 0.05) is 35.6 Å². The van der Waals surface area contributed by atoms with Gasteiger partial charge in [-0.25, -0.2) is 18.1 Å². The number of aromatic nitrogens is 4. The first-order chi connectivity index (χ1) is 11.5. The van der Waals surface area contributed by atoms with Gasteiger partial charge in [0.1, 0.15) is 0 Å². The summed E-state index contributed by atoms with van der Waals surface area (Å²) >= 11 is 1.55. The van der Waals surface area contributed by atoms with Crippen LogP contribution in [0.1, 0.15) is 25.6 Å². The molecule has 0 amide bonds. The number of hydrogen-bond donors (Lipinski definition) is 1. The fourth-order valence-electron chi connectivity index (χ4n) is 2.11. The van der Waals surface area contributed by atoms with Gasteiger partial charge in [-0.05, 0) is 25.3 Å². The van der Waals surface area contributed by atoms with Gasteiger partial charge in [-0.15, -0.1) is 0 Å². The molecule has 0 atom stereocenters. The molecule has 0 saturated carbocycles. The Morgan fingerprint density at radius 2 is 2.04 bits per heavy atom. The minimum absolute atomic E-state index is 0.00262. The van der Waals surface area contributed by atoms with E-state index in [1.54, 1.807) is 28.3 Å². The second kappa shape index (κ2) is 6.80. The third-order valence-electron chi connectivity index (χ3n) is 3.45. The van der Waals surface area contributed by atoms with Crippen molar-refractivity contribution in [1.29, 1.82) is 0 Å². The number of thiophene rings is 1. The van der Waals surface area contributed by atoms with E-state index in [9.17, 15) is 8.42 Å². The summed E-state index contributed by atoms with van der Waals surface area (Å²) in [5.74, 6) is 0. The molecular formula is C15H17N5O2S2. The van der Waals surface area contributed by atoms with E-state index in [-0.39, 0.29) is 17.6 Å². The average Bonchev–Trinajstić information content (AvgIpc) is 3.25. The van der Waals surface area contributed by atoms with Gasteiger partial charge in [-0.3, -0.25) is 9.97 Å². The maximum absolute atomic E-state index is 12.4. The van der Waals surface area contributed by atoms with E-state index in [1.807, 2.05) is 30.7 Å². The van der Waals surface area contributed by atoms with Crippen LogP contribution in [-0.4, -0.2) is 27.9 Å². The Balaban J connectivity index is 1.80. The van der Waals surface area contributed by atoms with Crippen molar-refractivity contribution in [2.45, 2.75) is 31.5 Å². The molecule has 1 N–H and O–H groups in total. The fraction of sp³-hybridized carbons (Fsp3) is 0.267. The molecule has 0 radical (unpaired) electrons. The van der Waals surface area contributed by atoms with E-state index in [2.05, 4.69) is 19.7 Å². The van der Waals surface area contributed by atoms with Gasteiger partial charge in [0.25, 0.3) is 10.0 Å². The summed E-state index contributed by atoms with van der Waals surface area (Å²) in [6.45, 7) is 3.96. The molecule has 9 heteroatoms. The molecule has 0 unspecified atom stereocenters. The van der Waals surface area contributed by atoms with Crippen molar-refractivity contribution < 1.29 is 8.42 Å². The van der Waals surface area contributed by atoms with Crippen LogP contribution in [0.2, 0.25) is 0 Å². The number of hydrogen-bond acceptors (Lipinski definition) is 6. The molecule has 0 aliphatic carbocycles. The minimum atomic E-state index is -3.70. The van der Waals surface area contributed by atoms with Crippen molar-refractivity contribution in [1.82, 2.24) is 24.2 Å². The molecule has 3 aromatic heterocycles. The zero-order chi connectivity index (χ0) is 17.2. The molecule has 126 valence electrons. The van der Waals surface area contributed by atoms with E-state index in [1.165, 1.54) is 12.5 Å². The van der Waals surface area contributed by atoms with Crippen molar-refractivity contribution in [3.8, 4) is 11.3 Å². The van der Waals surface area contributed by atoms with E-state index < -0.39 is 10.0 Å². The first-order valence-electron chi connectivity index (χ1n) is 7.33. The quantitative estimate of drug-likeness (QED) is 0.726. The van der Waals surface area contributed by atoms with Gasteiger partial charge in [0.15, 0.2) is 5.03 Å². The molecule has 0 aliphatic heterocycles. The molecule has 0 bridgehead atoms. The first-order valence-corrected chi connectivity index (χ1v) is 9.75. The van der Waals surface area contributed by atoms with E-state index in [0.717, 1.165) is 5.56 Å². The van der Waals surface area contributed by atoms with Crippen LogP contribution < -0.4 is 4.72 Å². The second-order valence-electron chi connectivity index (χ2n) is 5.44. The monoisotopic (exact) mass is 363 g/mol. The highest BCUT2D eigenvalue weighted by Gasteiger charge is 2.19. The first kappa shape index (κ1) is 16.7. The van der Waals surface area contributed by atoms with Crippen LogP contribution in [0.3, 0.4) is 0 Å². The van der Waals surface area contributed by atoms with Crippen LogP contribution in [-0.2, 0) is 16.6 Å². The molecule has 24 heavy (non-hydrogen) atoms. The summed E-state index contributed by atoms with van der Waals surface area (Å²) in [6, 6.07) is 2.07. The lowest BCUT2D eigenvalue weighted by Gasteiger charge is -2.08. The second-order valence-corrected chi connectivity index (χ2v) is 7.93. The molecule has 0 aromatic carbocycles. The predicted molar refractivity (Wildman–Crippen MR) is 92.0 cm³/mol. The summed E-state index contributed by atoms with van der Waals surface area (Å²) in [4.78, 5) is 12.5. The van der Waals surface area contributed by atoms with Crippen LogP contribution in [0.4, 0.5) is 0 Å². The highest BCUT2D eigenvalue weighted by molar-refractivity contribution is 7.89. The Morgan fingerprint density at radius 3 is 2.71 bits per heavy atom. The maximum atomic E-state index is 12.4. The van der Waals surface area contributed by atoms with Gasteiger partial charge in [-0.2, -0.15) is 11.3 Å². The molecular weight excluding hydrogens is 346 g/mol. The molecule has 0 saturated heterocycles. The van der Waals surface area contributed by atoms with Crippen molar-refractivity contribution >= 4 is 21.4 Å². The molecule has 0 aliphatic rings. The number of nitrogens with zero attached hydrogens (tertiary/aromatic N) is 4. The lowest BCUT2D eigenvalue weighted by Crippen LogP contribution is -2.24. The smallest absolute Gasteiger partial charge is 0.259 e. The Bertz CT molecular complexity index is 917. The van der Waals surface area contributed by atoms with Crippen molar-refractivity contribution in [2.75, 3.05) is 0 Å². The van der Waals surface area contributed by atoms with Crippen molar-refractivity contribution in [3.05, 3.63) is 47.4 Å². The zero-order valence-corrected chi connectivity index (χ0v) is 14.9. The third-order valence-corrected chi connectivity index (χ3v) is 5.42. The lowest BCUT2D eigenvalue weighted by atomic mass is 10.2. The van der Waals surface area contributed by atoms with Gasteiger partial charge in [-0.1, -0.05) is 0 Å². The Kier molecular flexibility index (Phi) is 4.74. The lowest BCUT2D eigenvalue weighted by molar-refractivity contribution is 0.575. The molecule has 0 spiro atoms. The number of nitrogens with one attached hydrogen (secondary N) is 1. The minimum Gasteiger partial charge on any atom is -0.334 e. The molecule has 3 heterocycles. The average molecular weight is 363 g/mol. The number of rotatable bonds is 6. The normalized spacial score (nSPS) is 12.0. The zero-order valence-electron chi connectivity index (χ0n) is 13.2.